The van der Waals surface area contributed by atoms with Gasteiger partial charge in [0.05, 0.1) is 6.21 Å². The Labute approximate surface area is 162 Å². The van der Waals surface area contributed by atoms with Gasteiger partial charge in [-0.1, -0.05) is 42.5 Å². The fraction of sp³-hybridized carbons (Fsp3) is 0.0909. The van der Waals surface area contributed by atoms with E-state index in [1.807, 2.05) is 30.3 Å². The summed E-state index contributed by atoms with van der Waals surface area (Å²) in [7, 11) is 0. The molecule has 28 heavy (non-hydrogen) atoms. The molecule has 0 spiro atoms. The number of nitrogens with zero attached hydrogens (tertiary/aromatic N) is 1. The monoisotopic (exact) mass is 378 g/mol. The van der Waals surface area contributed by atoms with Crippen LogP contribution in [-0.4, -0.2) is 18.7 Å². The van der Waals surface area contributed by atoms with Crippen LogP contribution in [0.2, 0.25) is 0 Å². The number of benzene rings is 3. The van der Waals surface area contributed by atoms with Gasteiger partial charge in [-0.2, -0.15) is 5.10 Å². The zero-order chi connectivity index (χ0) is 19.6. The van der Waals surface area contributed by atoms with Crippen LogP contribution in [0.15, 0.2) is 84.0 Å². The van der Waals surface area contributed by atoms with Crippen molar-refractivity contribution in [1.82, 2.24) is 5.43 Å². The molecule has 0 aliphatic carbocycles. The Morgan fingerprint density at radius 1 is 0.893 bits per heavy atom. The number of carbonyl (C=O) groups is 1. The van der Waals surface area contributed by atoms with Crippen molar-refractivity contribution < 1.29 is 18.7 Å². The maximum absolute atomic E-state index is 12.8. The molecule has 1 N–H and O–H groups in total. The quantitative estimate of drug-likeness (QED) is 0.477. The molecule has 0 fully saturated rings. The highest BCUT2D eigenvalue weighted by Gasteiger charge is 2.02. The maximum atomic E-state index is 12.8. The molecule has 0 aliphatic heterocycles. The van der Waals surface area contributed by atoms with Crippen LogP contribution < -0.4 is 14.9 Å². The van der Waals surface area contributed by atoms with Gasteiger partial charge in [0.1, 0.15) is 23.9 Å². The van der Waals surface area contributed by atoms with Crippen LogP contribution in [0.25, 0.3) is 0 Å². The first kappa shape index (κ1) is 19.1. The van der Waals surface area contributed by atoms with Crippen molar-refractivity contribution in [3.8, 4) is 11.5 Å². The van der Waals surface area contributed by atoms with Gasteiger partial charge in [-0.05, 0) is 47.5 Å². The van der Waals surface area contributed by atoms with E-state index >= 15 is 0 Å². The Morgan fingerprint density at radius 3 is 2.21 bits per heavy atom. The fourth-order valence-electron chi connectivity index (χ4n) is 2.28. The second-order valence-corrected chi connectivity index (χ2v) is 5.88. The van der Waals surface area contributed by atoms with Gasteiger partial charge in [0.15, 0.2) is 6.61 Å². The van der Waals surface area contributed by atoms with Gasteiger partial charge in [0, 0.05) is 0 Å². The number of rotatable bonds is 8. The Hall–Kier alpha value is -3.67. The van der Waals surface area contributed by atoms with E-state index in [9.17, 15) is 9.18 Å². The molecule has 0 saturated heterocycles. The molecule has 142 valence electrons. The van der Waals surface area contributed by atoms with Gasteiger partial charge in [-0.25, -0.2) is 9.82 Å². The number of ether oxygens (including phenoxy) is 2. The van der Waals surface area contributed by atoms with Crippen LogP contribution in [0, 0.1) is 5.82 Å². The first-order valence-corrected chi connectivity index (χ1v) is 8.66. The van der Waals surface area contributed by atoms with Crippen LogP contribution in [0.5, 0.6) is 11.5 Å². The van der Waals surface area contributed by atoms with Crippen molar-refractivity contribution in [1.29, 1.82) is 0 Å². The summed E-state index contributed by atoms with van der Waals surface area (Å²) in [6, 6.07) is 22.7. The fourth-order valence-corrected chi connectivity index (χ4v) is 2.28. The molecule has 0 aromatic heterocycles. The lowest BCUT2D eigenvalue weighted by molar-refractivity contribution is -0.123. The van der Waals surface area contributed by atoms with Gasteiger partial charge in [-0.3, -0.25) is 4.79 Å². The summed E-state index contributed by atoms with van der Waals surface area (Å²) in [5.41, 5.74) is 4.11. The smallest absolute Gasteiger partial charge is 0.277 e. The summed E-state index contributed by atoms with van der Waals surface area (Å²) in [5.74, 6) is 0.531. The molecule has 0 radical (unpaired) electrons. The molecule has 0 heterocycles. The van der Waals surface area contributed by atoms with E-state index < -0.39 is 5.91 Å². The lowest BCUT2D eigenvalue weighted by Crippen LogP contribution is -2.24. The third-order valence-electron chi connectivity index (χ3n) is 3.71. The van der Waals surface area contributed by atoms with Crippen molar-refractivity contribution in [2.75, 3.05) is 6.61 Å². The number of halogens is 1. The second kappa shape index (κ2) is 9.87. The Morgan fingerprint density at radius 2 is 1.54 bits per heavy atom. The Bertz CT molecular complexity index is 911. The molecule has 0 unspecified atom stereocenters. The van der Waals surface area contributed by atoms with Gasteiger partial charge >= 0.3 is 0 Å². The minimum absolute atomic E-state index is 0.176. The van der Waals surface area contributed by atoms with E-state index in [-0.39, 0.29) is 12.4 Å². The van der Waals surface area contributed by atoms with E-state index in [1.165, 1.54) is 18.3 Å². The van der Waals surface area contributed by atoms with E-state index in [4.69, 9.17) is 9.47 Å². The molecule has 0 aliphatic rings. The van der Waals surface area contributed by atoms with Gasteiger partial charge < -0.3 is 9.47 Å². The predicted molar refractivity (Wildman–Crippen MR) is 105 cm³/mol. The van der Waals surface area contributed by atoms with Gasteiger partial charge in [-0.15, -0.1) is 0 Å². The molecule has 3 aromatic rings. The summed E-state index contributed by atoms with van der Waals surface area (Å²) in [5, 5.41) is 3.80. The number of hydrazone groups is 1. The summed E-state index contributed by atoms with van der Waals surface area (Å²) in [6.45, 7) is 0.306. The molecule has 0 saturated carbocycles. The van der Waals surface area contributed by atoms with Crippen LogP contribution in [0.1, 0.15) is 11.1 Å². The predicted octanol–water partition coefficient (Wildman–Crippen LogP) is 3.93. The number of hydrogen-bond acceptors (Lipinski definition) is 4. The lowest BCUT2D eigenvalue weighted by atomic mass is 10.2. The van der Waals surface area contributed by atoms with Gasteiger partial charge in [0.2, 0.25) is 0 Å². The summed E-state index contributed by atoms with van der Waals surface area (Å²) in [4.78, 5) is 11.8. The number of amides is 1. The third-order valence-corrected chi connectivity index (χ3v) is 3.71. The largest absolute Gasteiger partial charge is 0.489 e. The number of nitrogens with one attached hydrogen (secondary N) is 1. The van der Waals surface area contributed by atoms with Crippen LogP contribution >= 0.6 is 0 Å². The van der Waals surface area contributed by atoms with Crippen molar-refractivity contribution in [2.45, 2.75) is 6.61 Å². The average Bonchev–Trinajstić information content (AvgIpc) is 2.74. The average molecular weight is 378 g/mol. The van der Waals surface area contributed by atoms with E-state index in [2.05, 4.69) is 10.5 Å². The van der Waals surface area contributed by atoms with E-state index in [0.717, 1.165) is 5.56 Å². The van der Waals surface area contributed by atoms with Crippen LogP contribution in [0.4, 0.5) is 4.39 Å². The van der Waals surface area contributed by atoms with Crippen LogP contribution in [-0.2, 0) is 11.4 Å². The summed E-state index contributed by atoms with van der Waals surface area (Å²) < 4.78 is 23.9. The highest BCUT2D eigenvalue weighted by atomic mass is 19.1. The molecule has 3 rings (SSSR count). The summed E-state index contributed by atoms with van der Waals surface area (Å²) >= 11 is 0. The highest BCUT2D eigenvalue weighted by Crippen LogP contribution is 2.18. The molecular weight excluding hydrogens is 359 g/mol. The lowest BCUT2D eigenvalue weighted by Gasteiger charge is -2.08. The van der Waals surface area contributed by atoms with Gasteiger partial charge in [0.25, 0.3) is 5.91 Å². The zero-order valence-corrected chi connectivity index (χ0v) is 15.0. The summed E-state index contributed by atoms with van der Waals surface area (Å²) in [6.07, 6.45) is 1.43. The van der Waals surface area contributed by atoms with Crippen molar-refractivity contribution >= 4 is 12.1 Å². The highest BCUT2D eigenvalue weighted by molar-refractivity contribution is 5.82. The van der Waals surface area contributed by atoms with E-state index in [0.29, 0.717) is 23.7 Å². The molecule has 3 aromatic carbocycles. The minimum Gasteiger partial charge on any atom is -0.489 e. The molecule has 0 bridgehead atoms. The van der Waals surface area contributed by atoms with Crippen LogP contribution in [0.3, 0.4) is 0 Å². The number of hydrogen-bond donors (Lipinski definition) is 1. The normalized spacial score (nSPS) is 10.6. The molecular formula is C22H19FN2O3. The van der Waals surface area contributed by atoms with Crippen molar-refractivity contribution in [2.24, 2.45) is 5.10 Å². The maximum Gasteiger partial charge on any atom is 0.277 e. The van der Waals surface area contributed by atoms with Crippen molar-refractivity contribution in [3.63, 3.8) is 0 Å². The third kappa shape index (κ3) is 6.25. The molecule has 5 nitrogen and oxygen atoms in total. The molecule has 0 atom stereocenters. The van der Waals surface area contributed by atoms with Crippen molar-refractivity contribution in [3.05, 3.63) is 95.8 Å². The first-order chi connectivity index (χ1) is 13.7. The minimum atomic E-state index is -0.400. The standard InChI is InChI=1S/C22H19FN2O3/c23-19-8-6-17(7-9-19)14-24-25-22(26)16-28-21-12-10-20(11-13-21)27-15-18-4-2-1-3-5-18/h1-14H,15-16H2,(H,25,26)/b24-14+. The second-order valence-electron chi connectivity index (χ2n) is 5.88. The number of carbonyl (C=O) groups excluding carboxylic acids is 1. The zero-order valence-electron chi connectivity index (χ0n) is 15.0. The molecule has 1 amide bonds. The Kier molecular flexibility index (Phi) is 6.73. The SMILES string of the molecule is O=C(COc1ccc(OCc2ccccc2)cc1)N/N=C/c1ccc(F)cc1. The topological polar surface area (TPSA) is 59.9 Å². The molecule has 6 heteroatoms. The Balaban J connectivity index is 1.40. The first-order valence-electron chi connectivity index (χ1n) is 8.66. The van der Waals surface area contributed by atoms with E-state index in [1.54, 1.807) is 36.4 Å².